The summed E-state index contributed by atoms with van der Waals surface area (Å²) < 4.78 is 5.22. The lowest BCUT2D eigenvalue weighted by atomic mass is 10.2. The third kappa shape index (κ3) is 4.72. The molecule has 2 heterocycles. The zero-order chi connectivity index (χ0) is 20.1. The standard InChI is InChI=1S/C21H24N4O2S/c1-14-18(15(2)27-24-14)13-28-19-8-6-5-7-17(19)21(26)23-12-16-9-10-22-20(11-16)25(3)4/h5-11H,12-13H2,1-4H3,(H,23,26). The SMILES string of the molecule is Cc1noc(C)c1CSc1ccccc1C(=O)NCc1ccnc(N(C)C)c1. The van der Waals surface area contributed by atoms with Gasteiger partial charge in [0, 0.05) is 43.0 Å². The van der Waals surface area contributed by atoms with Gasteiger partial charge in [0.15, 0.2) is 0 Å². The monoisotopic (exact) mass is 396 g/mol. The molecule has 0 saturated carbocycles. The second-order valence-corrected chi connectivity index (χ2v) is 7.70. The van der Waals surface area contributed by atoms with Gasteiger partial charge < -0.3 is 14.7 Å². The number of carbonyl (C=O) groups excluding carboxylic acids is 1. The van der Waals surface area contributed by atoms with E-state index >= 15 is 0 Å². The first-order chi connectivity index (χ1) is 13.5. The number of hydrogen-bond donors (Lipinski definition) is 1. The van der Waals surface area contributed by atoms with Crippen LogP contribution in [0.15, 0.2) is 52.0 Å². The normalized spacial score (nSPS) is 10.7. The van der Waals surface area contributed by atoms with Crippen molar-refractivity contribution < 1.29 is 9.32 Å². The molecule has 0 aliphatic carbocycles. The molecular formula is C21H24N4O2S. The third-order valence-electron chi connectivity index (χ3n) is 4.41. The van der Waals surface area contributed by atoms with Crippen LogP contribution in [0.2, 0.25) is 0 Å². The molecule has 1 aromatic carbocycles. The molecule has 0 spiro atoms. The average molecular weight is 397 g/mol. The van der Waals surface area contributed by atoms with Crippen molar-refractivity contribution in [3.05, 3.63) is 70.7 Å². The lowest BCUT2D eigenvalue weighted by Gasteiger charge is -2.13. The second-order valence-electron chi connectivity index (χ2n) is 6.69. The van der Waals surface area contributed by atoms with Crippen LogP contribution >= 0.6 is 11.8 Å². The van der Waals surface area contributed by atoms with Crippen molar-refractivity contribution in [1.29, 1.82) is 0 Å². The van der Waals surface area contributed by atoms with Gasteiger partial charge in [-0.05, 0) is 43.7 Å². The number of carbonyl (C=O) groups is 1. The summed E-state index contributed by atoms with van der Waals surface area (Å²) in [6.07, 6.45) is 1.75. The first kappa shape index (κ1) is 19.9. The predicted molar refractivity (Wildman–Crippen MR) is 112 cm³/mol. The summed E-state index contributed by atoms with van der Waals surface area (Å²) in [5.74, 6) is 2.30. The maximum atomic E-state index is 12.8. The van der Waals surface area contributed by atoms with Crippen molar-refractivity contribution in [2.75, 3.05) is 19.0 Å². The number of anilines is 1. The van der Waals surface area contributed by atoms with Gasteiger partial charge in [0.2, 0.25) is 0 Å². The van der Waals surface area contributed by atoms with E-state index in [-0.39, 0.29) is 5.91 Å². The number of nitrogens with one attached hydrogen (secondary N) is 1. The summed E-state index contributed by atoms with van der Waals surface area (Å²) in [5.41, 5.74) is 3.64. The van der Waals surface area contributed by atoms with Crippen molar-refractivity contribution in [3.63, 3.8) is 0 Å². The molecule has 0 unspecified atom stereocenters. The van der Waals surface area contributed by atoms with Crippen LogP contribution in [0.3, 0.4) is 0 Å². The highest BCUT2D eigenvalue weighted by molar-refractivity contribution is 7.98. The summed E-state index contributed by atoms with van der Waals surface area (Å²) in [6.45, 7) is 4.29. The van der Waals surface area contributed by atoms with Crippen LogP contribution in [-0.2, 0) is 12.3 Å². The number of pyridine rings is 1. The van der Waals surface area contributed by atoms with Crippen LogP contribution in [0, 0.1) is 13.8 Å². The summed E-state index contributed by atoms with van der Waals surface area (Å²) in [6, 6.07) is 11.5. The van der Waals surface area contributed by atoms with Gasteiger partial charge in [-0.25, -0.2) is 4.98 Å². The van der Waals surface area contributed by atoms with Crippen molar-refractivity contribution >= 4 is 23.5 Å². The van der Waals surface area contributed by atoms with E-state index in [9.17, 15) is 4.79 Å². The van der Waals surface area contributed by atoms with Crippen LogP contribution < -0.4 is 10.2 Å². The molecule has 0 saturated heterocycles. The van der Waals surface area contributed by atoms with Gasteiger partial charge in [-0.15, -0.1) is 11.8 Å². The Kier molecular flexibility index (Phi) is 6.36. The van der Waals surface area contributed by atoms with E-state index in [1.54, 1.807) is 18.0 Å². The highest BCUT2D eigenvalue weighted by atomic mass is 32.2. The minimum absolute atomic E-state index is 0.0925. The lowest BCUT2D eigenvalue weighted by molar-refractivity contribution is 0.0948. The molecule has 0 fully saturated rings. The zero-order valence-corrected chi connectivity index (χ0v) is 17.3. The molecule has 0 atom stereocenters. The summed E-state index contributed by atoms with van der Waals surface area (Å²) in [4.78, 5) is 19.9. The number of amides is 1. The number of rotatable bonds is 7. The largest absolute Gasteiger partial charge is 0.363 e. The molecule has 146 valence electrons. The Morgan fingerprint density at radius 1 is 1.21 bits per heavy atom. The molecule has 0 aliphatic rings. The fraction of sp³-hybridized carbons (Fsp3) is 0.286. The first-order valence-electron chi connectivity index (χ1n) is 8.99. The Hall–Kier alpha value is -2.80. The number of aromatic nitrogens is 2. The van der Waals surface area contributed by atoms with Crippen LogP contribution in [0.25, 0.3) is 0 Å². The minimum Gasteiger partial charge on any atom is -0.363 e. The molecule has 1 amide bonds. The van der Waals surface area contributed by atoms with Crippen LogP contribution in [0.1, 0.15) is 32.9 Å². The molecular weight excluding hydrogens is 372 g/mol. The smallest absolute Gasteiger partial charge is 0.252 e. The minimum atomic E-state index is -0.0925. The fourth-order valence-corrected chi connectivity index (χ4v) is 3.93. The van der Waals surface area contributed by atoms with Crippen molar-refractivity contribution in [2.24, 2.45) is 0 Å². The van der Waals surface area contributed by atoms with Gasteiger partial charge in [-0.3, -0.25) is 4.79 Å². The number of hydrogen-bond acceptors (Lipinski definition) is 6. The molecule has 0 radical (unpaired) electrons. The van der Waals surface area contributed by atoms with E-state index in [1.807, 2.05) is 69.2 Å². The molecule has 1 N–H and O–H groups in total. The molecule has 3 aromatic rings. The maximum absolute atomic E-state index is 12.8. The highest BCUT2D eigenvalue weighted by Crippen LogP contribution is 2.28. The van der Waals surface area contributed by atoms with E-state index < -0.39 is 0 Å². The zero-order valence-electron chi connectivity index (χ0n) is 16.5. The Balaban J connectivity index is 1.68. The summed E-state index contributed by atoms with van der Waals surface area (Å²) in [5, 5.41) is 7.00. The topological polar surface area (TPSA) is 71.3 Å². The quantitative estimate of drug-likeness (QED) is 0.609. The van der Waals surface area contributed by atoms with E-state index in [0.29, 0.717) is 17.9 Å². The Bertz CT molecular complexity index is 949. The third-order valence-corrected chi connectivity index (χ3v) is 5.51. The van der Waals surface area contributed by atoms with Crippen LogP contribution in [0.4, 0.5) is 5.82 Å². The Morgan fingerprint density at radius 3 is 2.71 bits per heavy atom. The molecule has 7 heteroatoms. The Morgan fingerprint density at radius 2 is 2.00 bits per heavy atom. The van der Waals surface area contributed by atoms with Crippen LogP contribution in [-0.4, -0.2) is 30.1 Å². The van der Waals surface area contributed by atoms with Crippen LogP contribution in [0.5, 0.6) is 0 Å². The molecule has 6 nitrogen and oxygen atoms in total. The van der Waals surface area contributed by atoms with Gasteiger partial charge in [0.25, 0.3) is 5.91 Å². The average Bonchev–Trinajstić information content (AvgIpc) is 3.02. The van der Waals surface area contributed by atoms with Gasteiger partial charge >= 0.3 is 0 Å². The van der Waals surface area contributed by atoms with Gasteiger partial charge in [-0.1, -0.05) is 17.3 Å². The van der Waals surface area contributed by atoms with Crippen molar-refractivity contribution in [3.8, 4) is 0 Å². The maximum Gasteiger partial charge on any atom is 0.252 e. The summed E-state index contributed by atoms with van der Waals surface area (Å²) in [7, 11) is 3.88. The predicted octanol–water partition coefficient (Wildman–Crippen LogP) is 3.97. The van der Waals surface area contributed by atoms with E-state index in [0.717, 1.165) is 33.3 Å². The first-order valence-corrected chi connectivity index (χ1v) is 9.98. The molecule has 2 aromatic heterocycles. The van der Waals surface area contributed by atoms with Gasteiger partial charge in [0.05, 0.1) is 11.3 Å². The second kappa shape index (κ2) is 8.93. The van der Waals surface area contributed by atoms with Gasteiger partial charge in [-0.2, -0.15) is 0 Å². The fourth-order valence-electron chi connectivity index (χ4n) is 2.73. The lowest BCUT2D eigenvalue weighted by Crippen LogP contribution is -2.23. The number of aryl methyl sites for hydroxylation is 2. The Labute approximate surface area is 169 Å². The molecule has 28 heavy (non-hydrogen) atoms. The van der Waals surface area contributed by atoms with Crippen molar-refractivity contribution in [1.82, 2.24) is 15.5 Å². The number of benzene rings is 1. The van der Waals surface area contributed by atoms with Crippen molar-refractivity contribution in [2.45, 2.75) is 31.0 Å². The highest BCUT2D eigenvalue weighted by Gasteiger charge is 2.14. The summed E-state index contributed by atoms with van der Waals surface area (Å²) >= 11 is 1.61. The molecule has 0 aliphatic heterocycles. The molecule has 0 bridgehead atoms. The molecule has 3 rings (SSSR count). The van der Waals surface area contributed by atoms with E-state index in [4.69, 9.17) is 4.52 Å². The van der Waals surface area contributed by atoms with Gasteiger partial charge in [0.1, 0.15) is 11.6 Å². The van der Waals surface area contributed by atoms with E-state index in [2.05, 4.69) is 15.5 Å². The number of nitrogens with zero attached hydrogens (tertiary/aromatic N) is 3. The van der Waals surface area contributed by atoms with E-state index in [1.165, 1.54) is 0 Å². The number of thioether (sulfide) groups is 1.